The quantitative estimate of drug-likeness (QED) is 0.676. The first-order chi connectivity index (χ1) is 10.5. The van der Waals surface area contributed by atoms with Crippen molar-refractivity contribution in [3.63, 3.8) is 0 Å². The minimum atomic E-state index is -1.66. The van der Waals surface area contributed by atoms with Gasteiger partial charge in [-0.2, -0.15) is 0 Å². The second-order valence-corrected chi connectivity index (χ2v) is 10.9. The van der Waals surface area contributed by atoms with Gasteiger partial charge in [0.2, 0.25) is 8.32 Å². The van der Waals surface area contributed by atoms with E-state index in [1.165, 1.54) is 0 Å². The summed E-state index contributed by atoms with van der Waals surface area (Å²) in [6.07, 6.45) is 0. The molecule has 5 heteroatoms. The number of benzene rings is 2. The van der Waals surface area contributed by atoms with E-state index in [1.54, 1.807) is 0 Å². The number of rotatable bonds is 4. The average Bonchev–Trinajstić information content (AvgIpc) is 2.89. The van der Waals surface area contributed by atoms with Crippen LogP contribution in [-0.2, 0) is 0 Å². The van der Waals surface area contributed by atoms with Crippen molar-refractivity contribution in [2.75, 3.05) is 0 Å². The van der Waals surface area contributed by atoms with Gasteiger partial charge in [0, 0.05) is 5.56 Å². The number of hydrogen-bond acceptors (Lipinski definition) is 3. The van der Waals surface area contributed by atoms with E-state index >= 15 is 0 Å². The number of nitrogens with zero attached hydrogens (tertiary/aromatic N) is 3. The summed E-state index contributed by atoms with van der Waals surface area (Å²) in [5.41, 5.74) is 3.09. The normalized spacial score (nSPS) is 13.3. The lowest BCUT2D eigenvalue weighted by molar-refractivity contribution is 0.508. The van der Waals surface area contributed by atoms with Gasteiger partial charge in [-0.25, -0.2) is 4.68 Å². The lowest BCUT2D eigenvalue weighted by atomic mass is 10.1. The second-order valence-electron chi connectivity index (χ2n) is 6.45. The molecule has 3 rings (SSSR count). The van der Waals surface area contributed by atoms with Crippen LogP contribution < -0.4 is 4.43 Å². The molecule has 0 N–H and O–H groups in total. The number of hydrogen-bond donors (Lipinski definition) is 0. The standard InChI is InChI=1S/C17H21N3OSi/c1-13(20-16-11-7-6-10-15(16)18-19-20)14-9-5-8-12-17(14)21-22(2,3)4/h5-13H,1-4H3. The third kappa shape index (κ3) is 2.90. The van der Waals surface area contributed by atoms with Crippen LogP contribution in [-0.4, -0.2) is 23.3 Å². The Bertz CT molecular complexity index is 792. The second kappa shape index (κ2) is 5.57. The van der Waals surface area contributed by atoms with Crippen molar-refractivity contribution in [2.24, 2.45) is 0 Å². The van der Waals surface area contributed by atoms with Gasteiger partial charge >= 0.3 is 0 Å². The van der Waals surface area contributed by atoms with Crippen LogP contribution in [0, 0.1) is 0 Å². The summed E-state index contributed by atoms with van der Waals surface area (Å²) in [5.74, 6) is 0.953. The van der Waals surface area contributed by atoms with Crippen LogP contribution in [0.2, 0.25) is 19.6 Å². The van der Waals surface area contributed by atoms with E-state index in [-0.39, 0.29) is 6.04 Å². The van der Waals surface area contributed by atoms with Crippen LogP contribution >= 0.6 is 0 Å². The molecule has 0 aliphatic rings. The highest BCUT2D eigenvalue weighted by molar-refractivity contribution is 6.70. The van der Waals surface area contributed by atoms with Crippen LogP contribution in [0.15, 0.2) is 48.5 Å². The van der Waals surface area contributed by atoms with E-state index in [9.17, 15) is 0 Å². The Morgan fingerprint density at radius 2 is 1.68 bits per heavy atom. The van der Waals surface area contributed by atoms with E-state index in [4.69, 9.17) is 4.43 Å². The minimum Gasteiger partial charge on any atom is -0.544 e. The summed E-state index contributed by atoms with van der Waals surface area (Å²) >= 11 is 0. The van der Waals surface area contributed by atoms with Crippen molar-refractivity contribution in [3.05, 3.63) is 54.1 Å². The van der Waals surface area contributed by atoms with Gasteiger partial charge in [0.05, 0.1) is 11.6 Å². The highest BCUT2D eigenvalue weighted by Gasteiger charge is 2.21. The van der Waals surface area contributed by atoms with Crippen LogP contribution in [0.4, 0.5) is 0 Å². The zero-order valence-electron chi connectivity index (χ0n) is 13.4. The Hall–Kier alpha value is -2.14. The molecule has 0 aliphatic carbocycles. The maximum Gasteiger partial charge on any atom is 0.242 e. The molecule has 0 bridgehead atoms. The monoisotopic (exact) mass is 311 g/mol. The Morgan fingerprint density at radius 3 is 2.45 bits per heavy atom. The molecule has 0 saturated carbocycles. The van der Waals surface area contributed by atoms with E-state index in [1.807, 2.05) is 47.1 Å². The minimum absolute atomic E-state index is 0.0694. The summed E-state index contributed by atoms with van der Waals surface area (Å²) in [6.45, 7) is 8.71. The predicted molar refractivity (Wildman–Crippen MR) is 91.8 cm³/mol. The number of para-hydroxylation sites is 2. The summed E-state index contributed by atoms with van der Waals surface area (Å²) in [6, 6.07) is 16.3. The van der Waals surface area contributed by atoms with Crippen LogP contribution in [0.25, 0.3) is 11.0 Å². The first-order valence-electron chi connectivity index (χ1n) is 7.53. The molecule has 22 heavy (non-hydrogen) atoms. The number of aromatic nitrogens is 3. The van der Waals surface area contributed by atoms with Gasteiger partial charge in [-0.3, -0.25) is 0 Å². The maximum atomic E-state index is 6.24. The lowest BCUT2D eigenvalue weighted by Gasteiger charge is -2.24. The van der Waals surface area contributed by atoms with Gasteiger partial charge in [0.15, 0.2) is 0 Å². The molecule has 1 unspecified atom stereocenters. The van der Waals surface area contributed by atoms with Gasteiger partial charge in [0.25, 0.3) is 0 Å². The van der Waals surface area contributed by atoms with Crippen molar-refractivity contribution in [1.29, 1.82) is 0 Å². The summed E-state index contributed by atoms with van der Waals surface area (Å²) in [5, 5.41) is 8.58. The molecule has 114 valence electrons. The van der Waals surface area contributed by atoms with Crippen molar-refractivity contribution in [3.8, 4) is 5.75 Å². The molecule has 1 aromatic heterocycles. The topological polar surface area (TPSA) is 39.9 Å². The Morgan fingerprint density at radius 1 is 1.00 bits per heavy atom. The third-order valence-electron chi connectivity index (χ3n) is 3.53. The molecule has 0 aliphatic heterocycles. The fraction of sp³-hybridized carbons (Fsp3) is 0.294. The van der Waals surface area contributed by atoms with E-state index in [0.717, 1.165) is 22.3 Å². The molecule has 0 fully saturated rings. The van der Waals surface area contributed by atoms with Gasteiger partial charge in [-0.15, -0.1) is 5.10 Å². The SMILES string of the molecule is CC(c1ccccc1O[Si](C)(C)C)n1nnc2ccccc21. The predicted octanol–water partition coefficient (Wildman–Crippen LogP) is 4.25. The molecule has 0 saturated heterocycles. The molecule has 0 amide bonds. The molecule has 0 spiro atoms. The van der Waals surface area contributed by atoms with Crippen molar-refractivity contribution >= 4 is 19.4 Å². The summed E-state index contributed by atoms with van der Waals surface area (Å²) in [7, 11) is -1.66. The lowest BCUT2D eigenvalue weighted by Crippen LogP contribution is -2.30. The maximum absolute atomic E-state index is 6.24. The molecular formula is C17H21N3OSi. The average molecular weight is 311 g/mol. The summed E-state index contributed by atoms with van der Waals surface area (Å²) < 4.78 is 8.20. The van der Waals surface area contributed by atoms with Gasteiger partial charge < -0.3 is 4.43 Å². The van der Waals surface area contributed by atoms with Crippen molar-refractivity contribution < 1.29 is 4.43 Å². The number of fused-ring (bicyclic) bond motifs is 1. The fourth-order valence-corrected chi connectivity index (χ4v) is 3.40. The molecule has 4 nitrogen and oxygen atoms in total. The summed E-state index contributed by atoms with van der Waals surface area (Å²) in [4.78, 5) is 0. The van der Waals surface area contributed by atoms with Gasteiger partial charge in [-0.1, -0.05) is 35.5 Å². The molecule has 2 aromatic carbocycles. The smallest absolute Gasteiger partial charge is 0.242 e. The molecule has 0 radical (unpaired) electrons. The first kappa shape index (κ1) is 14.8. The molecular weight excluding hydrogens is 290 g/mol. The van der Waals surface area contributed by atoms with Gasteiger partial charge in [0.1, 0.15) is 11.3 Å². The zero-order valence-corrected chi connectivity index (χ0v) is 14.4. The van der Waals surface area contributed by atoms with E-state index in [2.05, 4.69) is 42.9 Å². The zero-order chi connectivity index (χ0) is 15.7. The molecule has 3 aromatic rings. The van der Waals surface area contributed by atoms with Crippen molar-refractivity contribution in [1.82, 2.24) is 15.0 Å². The molecule has 1 atom stereocenters. The Balaban J connectivity index is 2.04. The van der Waals surface area contributed by atoms with Crippen molar-refractivity contribution in [2.45, 2.75) is 32.6 Å². The van der Waals surface area contributed by atoms with Gasteiger partial charge in [-0.05, 0) is 44.8 Å². The van der Waals surface area contributed by atoms with Crippen LogP contribution in [0.5, 0.6) is 5.75 Å². The largest absolute Gasteiger partial charge is 0.544 e. The Kier molecular flexibility index (Phi) is 3.74. The van der Waals surface area contributed by atoms with Crippen LogP contribution in [0.1, 0.15) is 18.5 Å². The van der Waals surface area contributed by atoms with Crippen LogP contribution in [0.3, 0.4) is 0 Å². The molecule has 1 heterocycles. The Labute approximate surface area is 131 Å². The highest BCUT2D eigenvalue weighted by atomic mass is 28.4. The highest BCUT2D eigenvalue weighted by Crippen LogP contribution is 2.30. The first-order valence-corrected chi connectivity index (χ1v) is 10.9. The fourth-order valence-electron chi connectivity index (χ4n) is 2.55. The third-order valence-corrected chi connectivity index (χ3v) is 4.36. The van der Waals surface area contributed by atoms with E-state index in [0.29, 0.717) is 0 Å². The van der Waals surface area contributed by atoms with E-state index < -0.39 is 8.32 Å².